The Hall–Kier alpha value is -1.58. The molecule has 0 radical (unpaired) electrons. The Morgan fingerprint density at radius 1 is 1.10 bits per heavy atom. The van der Waals surface area contributed by atoms with Gasteiger partial charge in [0.05, 0.1) is 11.4 Å². The fourth-order valence-corrected chi connectivity index (χ4v) is 3.21. The number of rotatable bonds is 2. The first-order valence-corrected chi connectivity index (χ1v) is 7.61. The average Bonchev–Trinajstić information content (AvgIpc) is 2.44. The van der Waals surface area contributed by atoms with E-state index in [0.29, 0.717) is 25.2 Å². The molecule has 20 heavy (non-hydrogen) atoms. The number of nitrogen functional groups attached to an aromatic ring is 1. The maximum Gasteiger partial charge on any atom is 0.163 e. The van der Waals surface area contributed by atoms with Crippen molar-refractivity contribution in [2.75, 3.05) is 24.3 Å². The summed E-state index contributed by atoms with van der Waals surface area (Å²) in [7, 11) is 0. The zero-order chi connectivity index (χ0) is 14.1. The largest absolute Gasteiger partial charge is 0.486 e. The van der Waals surface area contributed by atoms with Crippen LogP contribution in [0.25, 0.3) is 0 Å². The molecule has 1 aromatic rings. The number of anilines is 2. The van der Waals surface area contributed by atoms with E-state index in [-0.39, 0.29) is 0 Å². The van der Waals surface area contributed by atoms with Crippen LogP contribution in [0.4, 0.5) is 11.4 Å². The van der Waals surface area contributed by atoms with Crippen LogP contribution in [0.5, 0.6) is 11.5 Å². The highest BCUT2D eigenvalue weighted by Crippen LogP contribution is 2.39. The molecular weight excluding hydrogens is 252 g/mol. The maximum absolute atomic E-state index is 6.14. The summed E-state index contributed by atoms with van der Waals surface area (Å²) in [6, 6.07) is 4.34. The molecule has 3 N–H and O–H groups in total. The van der Waals surface area contributed by atoms with Crippen LogP contribution in [0.15, 0.2) is 12.1 Å². The Balaban J connectivity index is 1.80. The maximum atomic E-state index is 6.14. The molecule has 4 nitrogen and oxygen atoms in total. The highest BCUT2D eigenvalue weighted by atomic mass is 16.6. The van der Waals surface area contributed by atoms with Crippen molar-refractivity contribution in [3.8, 4) is 11.5 Å². The second-order valence-corrected chi connectivity index (χ2v) is 6.10. The Morgan fingerprint density at radius 2 is 1.80 bits per heavy atom. The topological polar surface area (TPSA) is 56.5 Å². The standard InChI is InChI=1S/C16H24N2O2/c1-10-4-3-5-13(11(10)2)18-14-9-16-15(8-12(14)17)19-6-7-20-16/h8-11,13,18H,3-7,17H2,1-2H3. The van der Waals surface area contributed by atoms with Gasteiger partial charge >= 0.3 is 0 Å². The van der Waals surface area contributed by atoms with E-state index < -0.39 is 0 Å². The predicted molar refractivity (Wildman–Crippen MR) is 81.4 cm³/mol. The van der Waals surface area contributed by atoms with Crippen LogP contribution in [-0.4, -0.2) is 19.3 Å². The molecule has 3 rings (SSSR count). The highest BCUT2D eigenvalue weighted by Gasteiger charge is 2.27. The summed E-state index contributed by atoms with van der Waals surface area (Å²) in [6.45, 7) is 5.87. The van der Waals surface area contributed by atoms with Gasteiger partial charge in [0.25, 0.3) is 0 Å². The van der Waals surface area contributed by atoms with E-state index in [0.717, 1.165) is 28.8 Å². The van der Waals surface area contributed by atoms with Crippen LogP contribution in [0, 0.1) is 11.8 Å². The number of hydrogen-bond acceptors (Lipinski definition) is 4. The van der Waals surface area contributed by atoms with Crippen LogP contribution in [0.2, 0.25) is 0 Å². The molecule has 1 aliphatic carbocycles. The molecule has 0 saturated heterocycles. The molecule has 0 bridgehead atoms. The molecule has 1 heterocycles. The minimum atomic E-state index is 0.489. The van der Waals surface area contributed by atoms with Gasteiger partial charge in [-0.1, -0.05) is 26.7 Å². The summed E-state index contributed by atoms with van der Waals surface area (Å²) in [4.78, 5) is 0. The van der Waals surface area contributed by atoms with E-state index in [4.69, 9.17) is 15.2 Å². The quantitative estimate of drug-likeness (QED) is 0.814. The fraction of sp³-hybridized carbons (Fsp3) is 0.625. The zero-order valence-corrected chi connectivity index (χ0v) is 12.3. The number of fused-ring (bicyclic) bond motifs is 1. The van der Waals surface area contributed by atoms with Crippen molar-refractivity contribution >= 4 is 11.4 Å². The SMILES string of the molecule is CC1CCCC(Nc2cc3c(cc2N)OCCO3)C1C. The molecular formula is C16H24N2O2. The summed E-state index contributed by atoms with van der Waals surface area (Å²) in [5.41, 5.74) is 7.85. The van der Waals surface area contributed by atoms with E-state index in [1.807, 2.05) is 12.1 Å². The number of nitrogens with two attached hydrogens (primary N) is 1. The van der Waals surface area contributed by atoms with Gasteiger partial charge in [-0.25, -0.2) is 0 Å². The molecule has 0 spiro atoms. The van der Waals surface area contributed by atoms with E-state index in [9.17, 15) is 0 Å². The highest BCUT2D eigenvalue weighted by molar-refractivity contribution is 5.72. The van der Waals surface area contributed by atoms with Crippen molar-refractivity contribution < 1.29 is 9.47 Å². The van der Waals surface area contributed by atoms with Crippen LogP contribution in [-0.2, 0) is 0 Å². The van der Waals surface area contributed by atoms with Crippen molar-refractivity contribution in [3.63, 3.8) is 0 Å². The van der Waals surface area contributed by atoms with Gasteiger partial charge < -0.3 is 20.5 Å². The number of hydrogen-bond donors (Lipinski definition) is 2. The van der Waals surface area contributed by atoms with Gasteiger partial charge in [0.15, 0.2) is 11.5 Å². The molecule has 1 fully saturated rings. The Bertz CT molecular complexity index is 490. The van der Waals surface area contributed by atoms with Crippen LogP contribution >= 0.6 is 0 Å². The summed E-state index contributed by atoms with van der Waals surface area (Å²) in [6.07, 6.45) is 3.82. The van der Waals surface area contributed by atoms with Crippen LogP contribution in [0.3, 0.4) is 0 Å². The molecule has 0 aromatic heterocycles. The van der Waals surface area contributed by atoms with Gasteiger partial charge in [-0.05, 0) is 18.3 Å². The third kappa shape index (κ3) is 2.51. The van der Waals surface area contributed by atoms with Crippen molar-refractivity contribution in [1.29, 1.82) is 0 Å². The average molecular weight is 276 g/mol. The van der Waals surface area contributed by atoms with Gasteiger partial charge in [0, 0.05) is 18.2 Å². The normalized spacial score (nSPS) is 29.0. The second-order valence-electron chi connectivity index (χ2n) is 6.10. The minimum Gasteiger partial charge on any atom is -0.486 e. The van der Waals surface area contributed by atoms with Crippen molar-refractivity contribution in [2.45, 2.75) is 39.2 Å². The molecule has 3 unspecified atom stereocenters. The van der Waals surface area contributed by atoms with Crippen LogP contribution in [0.1, 0.15) is 33.1 Å². The lowest BCUT2D eigenvalue weighted by Gasteiger charge is -2.35. The molecule has 110 valence electrons. The third-order valence-corrected chi connectivity index (χ3v) is 4.76. The Morgan fingerprint density at radius 3 is 2.55 bits per heavy atom. The lowest BCUT2D eigenvalue weighted by molar-refractivity contribution is 0.172. The lowest BCUT2D eigenvalue weighted by atomic mass is 9.78. The fourth-order valence-electron chi connectivity index (χ4n) is 3.21. The molecule has 1 aromatic carbocycles. The second kappa shape index (κ2) is 5.43. The minimum absolute atomic E-state index is 0.489. The zero-order valence-electron chi connectivity index (χ0n) is 12.3. The van der Waals surface area contributed by atoms with Gasteiger partial charge in [-0.3, -0.25) is 0 Å². The summed E-state index contributed by atoms with van der Waals surface area (Å²) < 4.78 is 11.2. The van der Waals surface area contributed by atoms with Gasteiger partial charge in [0.1, 0.15) is 13.2 Å². The third-order valence-electron chi connectivity index (χ3n) is 4.76. The number of nitrogens with one attached hydrogen (secondary N) is 1. The van der Waals surface area contributed by atoms with E-state index in [2.05, 4.69) is 19.2 Å². The van der Waals surface area contributed by atoms with Gasteiger partial charge in [-0.2, -0.15) is 0 Å². The van der Waals surface area contributed by atoms with Crippen molar-refractivity contribution in [3.05, 3.63) is 12.1 Å². The van der Waals surface area contributed by atoms with Crippen molar-refractivity contribution in [1.82, 2.24) is 0 Å². The van der Waals surface area contributed by atoms with Crippen molar-refractivity contribution in [2.24, 2.45) is 11.8 Å². The molecule has 3 atom stereocenters. The summed E-state index contributed by atoms with van der Waals surface area (Å²) in [5.74, 6) is 2.98. The van der Waals surface area contributed by atoms with E-state index in [1.54, 1.807) is 0 Å². The first-order valence-electron chi connectivity index (χ1n) is 7.61. The monoisotopic (exact) mass is 276 g/mol. The first-order chi connectivity index (χ1) is 9.65. The summed E-state index contributed by atoms with van der Waals surface area (Å²) >= 11 is 0. The molecule has 1 saturated carbocycles. The Kier molecular flexibility index (Phi) is 3.64. The summed E-state index contributed by atoms with van der Waals surface area (Å²) in [5, 5.41) is 3.62. The molecule has 0 amide bonds. The van der Waals surface area contributed by atoms with E-state index >= 15 is 0 Å². The van der Waals surface area contributed by atoms with Gasteiger partial charge in [0.2, 0.25) is 0 Å². The smallest absolute Gasteiger partial charge is 0.163 e. The lowest BCUT2D eigenvalue weighted by Crippen LogP contribution is -2.35. The predicted octanol–water partition coefficient (Wildman–Crippen LogP) is 3.28. The molecule has 4 heteroatoms. The molecule has 1 aliphatic heterocycles. The Labute approximate surface area is 120 Å². The van der Waals surface area contributed by atoms with Crippen LogP contribution < -0.4 is 20.5 Å². The van der Waals surface area contributed by atoms with E-state index in [1.165, 1.54) is 19.3 Å². The van der Waals surface area contributed by atoms with Gasteiger partial charge in [-0.15, -0.1) is 0 Å². The number of ether oxygens (including phenoxy) is 2. The number of benzene rings is 1. The molecule has 2 aliphatic rings. The first kappa shape index (κ1) is 13.4.